The summed E-state index contributed by atoms with van der Waals surface area (Å²) in [5.74, 6) is 0.911. The zero-order valence-corrected chi connectivity index (χ0v) is 8.94. The average Bonchev–Trinajstić information content (AvgIpc) is 2.75. The molecule has 3 aromatic rings. The van der Waals surface area contributed by atoms with Crippen LogP contribution in [-0.2, 0) is 0 Å². The number of nitrogens with zero attached hydrogens (tertiary/aromatic N) is 2. The maximum Gasteiger partial charge on any atom is 0.138 e. The molecule has 16 heavy (non-hydrogen) atoms. The summed E-state index contributed by atoms with van der Waals surface area (Å²) in [6.07, 6.45) is 5.52. The van der Waals surface area contributed by atoms with Crippen molar-refractivity contribution in [2.24, 2.45) is 0 Å². The van der Waals surface area contributed by atoms with Gasteiger partial charge in [0.15, 0.2) is 0 Å². The SMILES string of the molecule is Cc1cnc(-c2cccc3cnccc23)[nH]1. The highest BCUT2D eigenvalue weighted by Crippen LogP contribution is 2.25. The first-order chi connectivity index (χ1) is 7.84. The quantitative estimate of drug-likeness (QED) is 0.669. The Morgan fingerprint density at radius 1 is 1.12 bits per heavy atom. The lowest BCUT2D eigenvalue weighted by Crippen LogP contribution is -1.84. The van der Waals surface area contributed by atoms with Crippen molar-refractivity contribution < 1.29 is 0 Å². The van der Waals surface area contributed by atoms with Crippen molar-refractivity contribution in [2.45, 2.75) is 6.92 Å². The molecule has 3 nitrogen and oxygen atoms in total. The van der Waals surface area contributed by atoms with Gasteiger partial charge in [0.25, 0.3) is 0 Å². The van der Waals surface area contributed by atoms with Crippen LogP contribution < -0.4 is 0 Å². The van der Waals surface area contributed by atoms with Crippen LogP contribution >= 0.6 is 0 Å². The minimum absolute atomic E-state index is 0.911. The smallest absolute Gasteiger partial charge is 0.138 e. The summed E-state index contributed by atoms with van der Waals surface area (Å²) in [7, 11) is 0. The molecule has 0 aliphatic carbocycles. The molecule has 0 radical (unpaired) electrons. The summed E-state index contributed by atoms with van der Waals surface area (Å²) in [5.41, 5.74) is 2.19. The van der Waals surface area contributed by atoms with Gasteiger partial charge in [-0.1, -0.05) is 18.2 Å². The molecular weight excluding hydrogens is 198 g/mol. The molecule has 3 rings (SSSR count). The van der Waals surface area contributed by atoms with Crippen LogP contribution in [0.2, 0.25) is 0 Å². The number of rotatable bonds is 1. The van der Waals surface area contributed by atoms with Gasteiger partial charge in [-0.2, -0.15) is 0 Å². The lowest BCUT2D eigenvalue weighted by molar-refractivity contribution is 1.26. The highest BCUT2D eigenvalue weighted by atomic mass is 14.9. The van der Waals surface area contributed by atoms with E-state index in [9.17, 15) is 0 Å². The second-order valence-electron chi connectivity index (χ2n) is 3.82. The zero-order valence-electron chi connectivity index (χ0n) is 8.94. The van der Waals surface area contributed by atoms with Gasteiger partial charge in [0.2, 0.25) is 0 Å². The predicted octanol–water partition coefficient (Wildman–Crippen LogP) is 2.93. The summed E-state index contributed by atoms with van der Waals surface area (Å²) in [6.45, 7) is 2.00. The van der Waals surface area contributed by atoms with Crippen LogP contribution in [0, 0.1) is 6.92 Å². The summed E-state index contributed by atoms with van der Waals surface area (Å²) in [4.78, 5) is 11.7. The van der Waals surface area contributed by atoms with Crippen LogP contribution in [0.1, 0.15) is 5.69 Å². The van der Waals surface area contributed by atoms with E-state index >= 15 is 0 Å². The van der Waals surface area contributed by atoms with Crippen molar-refractivity contribution in [1.82, 2.24) is 15.0 Å². The molecule has 0 spiro atoms. The molecule has 3 heteroatoms. The molecule has 0 bridgehead atoms. The van der Waals surface area contributed by atoms with Crippen molar-refractivity contribution in [2.75, 3.05) is 0 Å². The largest absolute Gasteiger partial charge is 0.342 e. The Kier molecular flexibility index (Phi) is 1.96. The van der Waals surface area contributed by atoms with Crippen LogP contribution in [0.4, 0.5) is 0 Å². The third kappa shape index (κ3) is 1.37. The van der Waals surface area contributed by atoms with E-state index < -0.39 is 0 Å². The topological polar surface area (TPSA) is 41.6 Å². The Labute approximate surface area is 93.2 Å². The Bertz CT molecular complexity index is 635. The molecule has 2 aromatic heterocycles. The fourth-order valence-electron chi connectivity index (χ4n) is 1.88. The van der Waals surface area contributed by atoms with Crippen molar-refractivity contribution in [1.29, 1.82) is 0 Å². The van der Waals surface area contributed by atoms with Crippen LogP contribution in [0.15, 0.2) is 42.9 Å². The lowest BCUT2D eigenvalue weighted by atomic mass is 10.1. The first kappa shape index (κ1) is 9.09. The maximum atomic E-state index is 4.36. The second kappa shape index (κ2) is 3.45. The summed E-state index contributed by atoms with van der Waals surface area (Å²) in [5, 5.41) is 2.31. The van der Waals surface area contributed by atoms with Crippen molar-refractivity contribution in [3.8, 4) is 11.4 Å². The fourth-order valence-corrected chi connectivity index (χ4v) is 1.88. The van der Waals surface area contributed by atoms with Crippen LogP contribution in [-0.4, -0.2) is 15.0 Å². The summed E-state index contributed by atoms with van der Waals surface area (Å²) in [6, 6.07) is 8.17. The van der Waals surface area contributed by atoms with Crippen LogP contribution in [0.3, 0.4) is 0 Å². The number of hydrogen-bond donors (Lipinski definition) is 1. The fraction of sp³-hybridized carbons (Fsp3) is 0.0769. The van der Waals surface area contributed by atoms with E-state index in [4.69, 9.17) is 0 Å². The van der Waals surface area contributed by atoms with Gasteiger partial charge in [0, 0.05) is 35.2 Å². The van der Waals surface area contributed by atoms with Gasteiger partial charge >= 0.3 is 0 Å². The summed E-state index contributed by atoms with van der Waals surface area (Å²) < 4.78 is 0. The van der Waals surface area contributed by atoms with E-state index in [1.54, 1.807) is 0 Å². The number of benzene rings is 1. The van der Waals surface area contributed by atoms with E-state index in [-0.39, 0.29) is 0 Å². The van der Waals surface area contributed by atoms with Crippen molar-refractivity contribution in [3.05, 3.63) is 48.5 Å². The maximum absolute atomic E-state index is 4.36. The Balaban J connectivity index is 2.31. The Morgan fingerprint density at radius 3 is 2.88 bits per heavy atom. The number of aryl methyl sites for hydroxylation is 1. The van der Waals surface area contributed by atoms with Gasteiger partial charge in [-0.05, 0) is 18.4 Å². The highest BCUT2D eigenvalue weighted by molar-refractivity contribution is 5.94. The third-order valence-electron chi connectivity index (χ3n) is 2.64. The van der Waals surface area contributed by atoms with Gasteiger partial charge in [0.05, 0.1) is 0 Å². The van der Waals surface area contributed by atoms with Gasteiger partial charge in [0.1, 0.15) is 5.82 Å². The van der Waals surface area contributed by atoms with E-state index in [2.05, 4.69) is 27.1 Å². The molecule has 1 N–H and O–H groups in total. The van der Waals surface area contributed by atoms with Crippen LogP contribution in [0.5, 0.6) is 0 Å². The monoisotopic (exact) mass is 209 g/mol. The minimum atomic E-state index is 0.911. The number of fused-ring (bicyclic) bond motifs is 1. The number of H-pyrrole nitrogens is 1. The molecule has 2 heterocycles. The molecule has 0 fully saturated rings. The zero-order chi connectivity index (χ0) is 11.0. The third-order valence-corrected chi connectivity index (χ3v) is 2.64. The average molecular weight is 209 g/mol. The van der Waals surface area contributed by atoms with Crippen molar-refractivity contribution in [3.63, 3.8) is 0 Å². The Hall–Kier alpha value is -2.16. The van der Waals surface area contributed by atoms with Gasteiger partial charge in [-0.25, -0.2) is 4.98 Å². The molecule has 0 saturated heterocycles. The molecule has 0 unspecified atom stereocenters. The number of nitrogens with one attached hydrogen (secondary N) is 1. The number of aromatic nitrogens is 3. The van der Waals surface area contributed by atoms with Gasteiger partial charge in [-0.15, -0.1) is 0 Å². The normalized spacial score (nSPS) is 10.8. The first-order valence-corrected chi connectivity index (χ1v) is 5.19. The number of pyridine rings is 1. The number of hydrogen-bond acceptors (Lipinski definition) is 2. The second-order valence-corrected chi connectivity index (χ2v) is 3.82. The predicted molar refractivity (Wildman–Crippen MR) is 64.1 cm³/mol. The number of imidazole rings is 1. The highest BCUT2D eigenvalue weighted by Gasteiger charge is 2.05. The number of aromatic amines is 1. The molecule has 0 aliphatic heterocycles. The molecular formula is C13H11N3. The molecule has 0 saturated carbocycles. The van der Waals surface area contributed by atoms with E-state index in [1.165, 1.54) is 5.39 Å². The van der Waals surface area contributed by atoms with Gasteiger partial charge < -0.3 is 4.98 Å². The van der Waals surface area contributed by atoms with E-state index in [1.807, 2.05) is 37.6 Å². The van der Waals surface area contributed by atoms with Crippen molar-refractivity contribution >= 4 is 10.8 Å². The lowest BCUT2D eigenvalue weighted by Gasteiger charge is -2.02. The minimum Gasteiger partial charge on any atom is -0.342 e. The van der Waals surface area contributed by atoms with Gasteiger partial charge in [-0.3, -0.25) is 4.98 Å². The van der Waals surface area contributed by atoms with E-state index in [0.717, 1.165) is 22.5 Å². The molecule has 1 aromatic carbocycles. The van der Waals surface area contributed by atoms with Crippen LogP contribution in [0.25, 0.3) is 22.2 Å². The molecule has 0 amide bonds. The summed E-state index contributed by atoms with van der Waals surface area (Å²) >= 11 is 0. The molecule has 78 valence electrons. The molecule has 0 atom stereocenters. The standard InChI is InChI=1S/C13H11N3/c1-9-7-15-13(16-9)12-4-2-3-10-8-14-6-5-11(10)12/h2-8H,1H3,(H,15,16). The Morgan fingerprint density at radius 2 is 2.06 bits per heavy atom. The molecule has 0 aliphatic rings. The first-order valence-electron chi connectivity index (χ1n) is 5.19. The van der Waals surface area contributed by atoms with E-state index in [0.29, 0.717) is 0 Å².